The average molecular weight is 795 g/mol. The molecule has 2 N–H and O–H groups in total. The van der Waals surface area contributed by atoms with Gasteiger partial charge in [-0.05, 0) is 108 Å². The van der Waals surface area contributed by atoms with Gasteiger partial charge in [-0.3, -0.25) is 9.48 Å². The van der Waals surface area contributed by atoms with E-state index in [9.17, 15) is 27.6 Å². The third-order valence-corrected chi connectivity index (χ3v) is 5.55. The maximum atomic E-state index is 12.6. The van der Waals surface area contributed by atoms with E-state index in [4.69, 9.17) is 0 Å². The van der Waals surface area contributed by atoms with Crippen molar-refractivity contribution in [1.82, 2.24) is 30.0 Å². The molecular formula is C30H25F3IN6Na2O6-. The number of hydrogen-bond acceptors (Lipinski definition) is 10. The Kier molecular flexibility index (Phi) is 27.3. The minimum Gasteiger partial charge on any atom is -0.870 e. The monoisotopic (exact) mass is 795 g/mol. The summed E-state index contributed by atoms with van der Waals surface area (Å²) in [6.45, 7) is 3.47. The number of aromatic nitrogens is 6. The van der Waals surface area contributed by atoms with Gasteiger partial charge < -0.3 is 20.5 Å². The maximum Gasteiger partial charge on any atom is 1.00 e. The van der Waals surface area contributed by atoms with E-state index in [1.54, 1.807) is 55.5 Å². The van der Waals surface area contributed by atoms with Crippen molar-refractivity contribution in [2.24, 2.45) is 0 Å². The third kappa shape index (κ3) is 18.3. The second-order valence-electron chi connectivity index (χ2n) is 8.01. The fourth-order valence-corrected chi connectivity index (χ4v) is 3.14. The van der Waals surface area contributed by atoms with Gasteiger partial charge in [0, 0.05) is 28.4 Å². The molecule has 0 aliphatic carbocycles. The summed E-state index contributed by atoms with van der Waals surface area (Å²) < 4.78 is 45.5. The molecule has 0 saturated carbocycles. The normalized spacial score (nSPS) is 8.69. The van der Waals surface area contributed by atoms with E-state index < -0.39 is 5.97 Å². The summed E-state index contributed by atoms with van der Waals surface area (Å²) >= 11 is 2.13. The molecule has 2 heterocycles. The predicted molar refractivity (Wildman–Crippen MR) is 166 cm³/mol. The van der Waals surface area contributed by atoms with Gasteiger partial charge in [0.15, 0.2) is 5.78 Å². The zero-order valence-corrected chi connectivity index (χ0v) is 32.2. The van der Waals surface area contributed by atoms with Gasteiger partial charge in [-0.1, -0.05) is 16.6 Å². The van der Waals surface area contributed by atoms with Crippen LogP contribution in [0, 0.1) is 33.4 Å². The molecule has 0 aliphatic heterocycles. The van der Waals surface area contributed by atoms with E-state index >= 15 is 0 Å². The van der Waals surface area contributed by atoms with Gasteiger partial charge >= 0.3 is 65.1 Å². The first-order valence-electron chi connectivity index (χ1n) is 12.4. The minimum absolute atomic E-state index is 0. The van der Waals surface area contributed by atoms with Crippen molar-refractivity contribution in [2.45, 2.75) is 13.8 Å². The van der Waals surface area contributed by atoms with Crippen molar-refractivity contribution in [2.75, 3.05) is 6.61 Å². The molecule has 18 heteroatoms. The Morgan fingerprint density at radius 3 is 1.54 bits per heavy atom. The van der Waals surface area contributed by atoms with Crippen molar-refractivity contribution in [3.8, 4) is 23.7 Å². The van der Waals surface area contributed by atoms with Gasteiger partial charge in [-0.25, -0.2) is 22.6 Å². The molecule has 0 atom stereocenters. The minimum atomic E-state index is -0.595. The van der Waals surface area contributed by atoms with Crippen LogP contribution < -0.4 is 59.1 Å². The van der Waals surface area contributed by atoms with Crippen LogP contribution in [0.1, 0.15) is 30.0 Å². The first kappa shape index (κ1) is 49.1. The van der Waals surface area contributed by atoms with E-state index in [2.05, 4.69) is 54.4 Å². The van der Waals surface area contributed by atoms with Crippen LogP contribution in [-0.4, -0.2) is 65.6 Å². The van der Waals surface area contributed by atoms with Crippen LogP contribution in [0.15, 0.2) is 85.2 Å². The summed E-state index contributed by atoms with van der Waals surface area (Å²) in [6.07, 6.45) is 9.17. The Bertz CT molecular complexity index is 1680. The smallest absolute Gasteiger partial charge is 0.870 e. The Morgan fingerprint density at radius 1 is 0.812 bits per heavy atom. The van der Waals surface area contributed by atoms with Crippen LogP contribution in [0.5, 0.6) is 0 Å². The molecule has 242 valence electrons. The number of carbonyl (C=O) groups is 2. The number of benzene rings is 3. The molecule has 0 saturated heterocycles. The summed E-state index contributed by atoms with van der Waals surface area (Å²) in [7, 11) is 0. The van der Waals surface area contributed by atoms with Crippen LogP contribution in [0.25, 0.3) is 11.4 Å². The SMILES string of the molecule is C#CC(=O)OCC.CC(=O)c1cn(-c2ccc(F)cc2)nn1.Fc1ccc(I)cc1.O=[C-]c1cn(-c2ccc(F)cc2)nn1.[Na+].[Na+].[OH-].[OH-]. The number of halogens is 4. The number of ketones is 1. The second kappa shape index (κ2) is 26.7. The van der Waals surface area contributed by atoms with E-state index in [1.165, 1.54) is 65.1 Å². The van der Waals surface area contributed by atoms with Crippen LogP contribution in [0.3, 0.4) is 0 Å². The number of terminal acetylenes is 1. The maximum absolute atomic E-state index is 12.6. The number of hydrogen-bond donors (Lipinski definition) is 0. The Hall–Kier alpha value is -3.25. The Morgan fingerprint density at radius 2 is 1.23 bits per heavy atom. The summed E-state index contributed by atoms with van der Waals surface area (Å²) in [5.41, 5.74) is 1.71. The first-order valence-corrected chi connectivity index (χ1v) is 13.4. The Labute approximate surface area is 331 Å². The van der Waals surface area contributed by atoms with Crippen LogP contribution >= 0.6 is 22.6 Å². The topological polar surface area (TPSA) is 182 Å². The molecule has 0 fully saturated rings. The second-order valence-corrected chi connectivity index (χ2v) is 9.25. The average Bonchev–Trinajstić information content (AvgIpc) is 3.72. The zero-order chi connectivity index (χ0) is 32.5. The number of nitrogens with zero attached hydrogens (tertiary/aromatic N) is 6. The fraction of sp³-hybridized carbons (Fsp3) is 0.100. The van der Waals surface area contributed by atoms with Crippen molar-refractivity contribution in [3.05, 3.63) is 118 Å². The summed E-state index contributed by atoms with van der Waals surface area (Å²) in [5.74, 6) is 0.247. The molecule has 0 spiro atoms. The van der Waals surface area contributed by atoms with Crippen molar-refractivity contribution in [3.63, 3.8) is 0 Å². The largest absolute Gasteiger partial charge is 1.00 e. The summed E-state index contributed by atoms with van der Waals surface area (Å²) in [6, 6.07) is 17.8. The van der Waals surface area contributed by atoms with Crippen molar-refractivity contribution < 1.29 is 102 Å². The van der Waals surface area contributed by atoms with Gasteiger partial charge in [0.05, 0.1) is 18.5 Å². The standard InChI is InChI=1S/C10H8FN3O.C9H5FN3O.C6H4FI.C5H6O2.2Na.2H2O/c1-7(15)10-6-14(13-12-10)9-4-2-8(11)3-5-9;10-7-1-3-9(4-2-7)13-5-8(6-14)11-12-13;7-5-1-3-6(8)4-2-5;1-3-5(6)7-4-2;;;;/h2-6H,1H3;1-5H;1-4H;1H,4H2,2H3;;;2*1H2/q;-1;;;2*+1;;/p-2. The number of esters is 1. The number of carbonyl (C=O) groups excluding carboxylic acids is 3. The molecule has 3 aromatic carbocycles. The zero-order valence-electron chi connectivity index (χ0n) is 26.1. The molecule has 0 amide bonds. The number of rotatable bonds is 5. The molecule has 2 aromatic heterocycles. The van der Waals surface area contributed by atoms with Crippen LogP contribution in [0.2, 0.25) is 0 Å². The first-order chi connectivity index (χ1) is 21.1. The van der Waals surface area contributed by atoms with Crippen LogP contribution in [-0.2, 0) is 14.3 Å². The molecular weight excluding hydrogens is 770 g/mol. The molecule has 0 radical (unpaired) electrons. The van der Waals surface area contributed by atoms with Crippen LogP contribution in [0.4, 0.5) is 13.2 Å². The number of ether oxygens (including phenoxy) is 1. The molecule has 0 bridgehead atoms. The van der Waals surface area contributed by atoms with E-state index in [0.29, 0.717) is 23.7 Å². The van der Waals surface area contributed by atoms with Gasteiger partial charge in [0.25, 0.3) is 0 Å². The van der Waals surface area contributed by atoms with Gasteiger partial charge in [0.2, 0.25) is 0 Å². The molecule has 0 unspecified atom stereocenters. The van der Waals surface area contributed by atoms with E-state index in [-0.39, 0.29) is 99.0 Å². The molecule has 48 heavy (non-hydrogen) atoms. The van der Waals surface area contributed by atoms with Gasteiger partial charge in [-0.2, -0.15) is 5.10 Å². The summed E-state index contributed by atoms with van der Waals surface area (Å²) in [5, 5.41) is 14.6. The van der Waals surface area contributed by atoms with Crippen molar-refractivity contribution >= 4 is 40.6 Å². The third-order valence-electron chi connectivity index (χ3n) is 4.83. The van der Waals surface area contributed by atoms with Crippen molar-refractivity contribution in [1.29, 1.82) is 0 Å². The predicted octanol–water partition coefficient (Wildman–Crippen LogP) is -1.26. The van der Waals surface area contributed by atoms with E-state index in [1.807, 2.05) is 0 Å². The molecule has 5 aromatic rings. The molecule has 5 rings (SSSR count). The molecule has 0 aliphatic rings. The summed E-state index contributed by atoms with van der Waals surface area (Å²) in [4.78, 5) is 31.1. The van der Waals surface area contributed by atoms with E-state index in [0.717, 1.165) is 3.57 Å². The fourth-order valence-electron chi connectivity index (χ4n) is 2.78. The quantitative estimate of drug-likeness (QED) is 0.0397. The van der Waals surface area contributed by atoms with Gasteiger partial charge in [0.1, 0.15) is 23.1 Å². The Balaban J connectivity index is -0.000000573. The number of Topliss-reactive ketones (excluding diaryl/α,β-unsaturated/α-hetero) is 1. The van der Waals surface area contributed by atoms with Gasteiger partial charge in [-0.15, -0.1) is 11.5 Å². The molecule has 12 nitrogen and oxygen atoms in total.